The van der Waals surface area contributed by atoms with Gasteiger partial charge in [0.05, 0.1) is 42.7 Å². The molecule has 1 saturated heterocycles. The third-order valence-electron chi connectivity index (χ3n) is 14.7. The second-order valence-corrected chi connectivity index (χ2v) is 21.3. The second-order valence-electron chi connectivity index (χ2n) is 21.3. The highest BCUT2D eigenvalue weighted by Crippen LogP contribution is 2.65. The van der Waals surface area contributed by atoms with Crippen LogP contribution in [0.3, 0.4) is 0 Å². The van der Waals surface area contributed by atoms with Crippen molar-refractivity contribution in [3.8, 4) is 0 Å². The summed E-state index contributed by atoms with van der Waals surface area (Å²) in [5.74, 6) is -6.11. The molecule has 18 nitrogen and oxygen atoms in total. The lowest BCUT2D eigenvalue weighted by molar-refractivity contribution is -0.347. The number of rotatable bonds is 16. The lowest BCUT2D eigenvalue weighted by Gasteiger charge is -2.67. The van der Waals surface area contributed by atoms with Crippen molar-refractivity contribution in [2.45, 2.75) is 142 Å². The summed E-state index contributed by atoms with van der Waals surface area (Å²) in [7, 11) is 4.29. The highest BCUT2D eigenvalue weighted by molar-refractivity contribution is 5.94. The number of hydrogen-bond donors (Lipinski definition) is 2. The Labute approximate surface area is 415 Å². The van der Waals surface area contributed by atoms with Crippen LogP contribution in [0.2, 0.25) is 0 Å². The number of methoxy groups -OCH3 is 2. The number of Topliss-reactive ketones (excluding diaryl/α,β-unsaturated/α-hetero) is 2. The minimum Gasteiger partial charge on any atom is -0.455 e. The van der Waals surface area contributed by atoms with Crippen LogP contribution in [0.5, 0.6) is 0 Å². The molecule has 2 aromatic rings. The molecule has 1 amide bonds. The van der Waals surface area contributed by atoms with Crippen LogP contribution in [0.15, 0.2) is 71.8 Å². The molecule has 0 aromatic heterocycles. The maximum absolute atomic E-state index is 15.8. The van der Waals surface area contributed by atoms with Crippen molar-refractivity contribution in [3.63, 3.8) is 0 Å². The zero-order chi connectivity index (χ0) is 52.6. The number of aliphatic hydroxyl groups is 1. The van der Waals surface area contributed by atoms with Crippen molar-refractivity contribution in [1.82, 2.24) is 10.2 Å². The number of ketones is 2. The molecule has 4 aliphatic rings. The van der Waals surface area contributed by atoms with Gasteiger partial charge in [-0.1, -0.05) is 76.2 Å². The molecule has 11 atom stereocenters. The smallest absolute Gasteiger partial charge is 0.408 e. The average Bonchev–Trinajstić information content (AvgIpc) is 3.28. The summed E-state index contributed by atoms with van der Waals surface area (Å²) in [6.45, 7) is 15.4. The van der Waals surface area contributed by atoms with Crippen LogP contribution in [-0.4, -0.2) is 146 Å². The van der Waals surface area contributed by atoms with Crippen LogP contribution in [0, 0.1) is 22.7 Å². The quantitative estimate of drug-likeness (QED) is 0.124. The number of esters is 4. The molecule has 0 radical (unpaired) electrons. The molecule has 1 aliphatic heterocycles. The molecule has 1 heterocycles. The predicted molar refractivity (Wildman–Crippen MR) is 254 cm³/mol. The van der Waals surface area contributed by atoms with Crippen molar-refractivity contribution in [3.05, 3.63) is 82.9 Å². The third-order valence-corrected chi connectivity index (χ3v) is 14.7. The molecular weight excluding hydrogens is 921 g/mol. The van der Waals surface area contributed by atoms with Gasteiger partial charge < -0.3 is 48.3 Å². The highest BCUT2D eigenvalue weighted by Gasteiger charge is 2.78. The van der Waals surface area contributed by atoms with E-state index in [-0.39, 0.29) is 42.4 Å². The van der Waals surface area contributed by atoms with Gasteiger partial charge in [-0.25, -0.2) is 14.4 Å². The summed E-state index contributed by atoms with van der Waals surface area (Å²) in [4.78, 5) is 100. The Kier molecular flexibility index (Phi) is 16.1. The van der Waals surface area contributed by atoms with E-state index in [1.165, 1.54) is 45.2 Å². The molecule has 3 fully saturated rings. The molecule has 3 aliphatic carbocycles. The van der Waals surface area contributed by atoms with E-state index in [0.29, 0.717) is 11.1 Å². The molecule has 2 N–H and O–H groups in total. The van der Waals surface area contributed by atoms with Gasteiger partial charge in [-0.05, 0) is 70.5 Å². The van der Waals surface area contributed by atoms with Crippen LogP contribution in [0.1, 0.15) is 104 Å². The molecule has 2 saturated carbocycles. The number of benzene rings is 2. The van der Waals surface area contributed by atoms with Crippen molar-refractivity contribution >= 4 is 41.5 Å². The number of likely N-dealkylation sites (N-methyl/N-ethyl adjacent to an activating group) is 1. The first-order valence-electron chi connectivity index (χ1n) is 23.9. The number of ether oxygens (including phenoxy) is 8. The number of carbonyl (C=O) groups excluding carboxylic acids is 7. The molecule has 71 heavy (non-hydrogen) atoms. The molecule has 6 rings (SSSR count). The van der Waals surface area contributed by atoms with E-state index in [0.717, 1.165) is 0 Å². The lowest BCUT2D eigenvalue weighted by atomic mass is 9.44. The first kappa shape index (κ1) is 54.8. The van der Waals surface area contributed by atoms with E-state index >= 15 is 9.59 Å². The van der Waals surface area contributed by atoms with E-state index in [1.807, 2.05) is 0 Å². The summed E-state index contributed by atoms with van der Waals surface area (Å²) in [5, 5.41) is 16.7. The van der Waals surface area contributed by atoms with Crippen LogP contribution in [0.4, 0.5) is 4.79 Å². The van der Waals surface area contributed by atoms with Gasteiger partial charge in [-0.15, -0.1) is 0 Å². The minimum atomic E-state index is -2.31. The monoisotopic (exact) mass is 990 g/mol. The first-order valence-corrected chi connectivity index (χ1v) is 23.9. The largest absolute Gasteiger partial charge is 0.455 e. The number of alkyl carbamates (subject to hydrolysis) is 1. The zero-order valence-corrected chi connectivity index (χ0v) is 43.0. The Morgan fingerprint density at radius 1 is 0.915 bits per heavy atom. The number of fused-ring (bicyclic) bond motifs is 5. The van der Waals surface area contributed by atoms with Crippen LogP contribution in [0.25, 0.3) is 0 Å². The Hall–Kier alpha value is -5.53. The molecule has 2 bridgehead atoms. The van der Waals surface area contributed by atoms with Gasteiger partial charge in [0.2, 0.25) is 6.10 Å². The van der Waals surface area contributed by atoms with Crippen LogP contribution < -0.4 is 5.32 Å². The SMILES string of the molecule is CO[C@H]1C(=O)[C@@]2(C)C([C@H](OC(=O)c3ccccc3)[C@]3(O)C[C@H](OC(=O)[C@H](OC(=O)CN(C)CC(=O)C(C)C)[C@@H](NC(=O)OC(C)(C)C)c4ccccc4)C(C)=C1C3(C)C)[C@]1(OC(C)=O)COC1C[C@@H]2OC. The van der Waals surface area contributed by atoms with Crippen LogP contribution in [-0.2, 0) is 61.9 Å². The van der Waals surface area contributed by atoms with E-state index in [4.69, 9.17) is 37.9 Å². The number of nitrogens with zero attached hydrogens (tertiary/aromatic N) is 1. The maximum Gasteiger partial charge on any atom is 0.408 e. The number of hydrogen-bond acceptors (Lipinski definition) is 17. The van der Waals surface area contributed by atoms with Gasteiger partial charge in [0.25, 0.3) is 0 Å². The Morgan fingerprint density at radius 3 is 2.07 bits per heavy atom. The van der Waals surface area contributed by atoms with Gasteiger partial charge in [-0.2, -0.15) is 0 Å². The Balaban J connectivity index is 1.54. The highest BCUT2D eigenvalue weighted by atomic mass is 16.6. The predicted octanol–water partition coefficient (Wildman–Crippen LogP) is 5.28. The zero-order valence-electron chi connectivity index (χ0n) is 43.0. The van der Waals surface area contributed by atoms with Crippen molar-refractivity contribution in [1.29, 1.82) is 0 Å². The van der Waals surface area contributed by atoms with Crippen LogP contribution >= 0.6 is 0 Å². The topological polar surface area (TPSA) is 229 Å². The van der Waals surface area contributed by atoms with Crippen molar-refractivity contribution in [2.75, 3.05) is 41.0 Å². The molecule has 18 heteroatoms. The first-order chi connectivity index (χ1) is 33.2. The summed E-state index contributed by atoms with van der Waals surface area (Å²) in [5.41, 5.74) is -7.29. The van der Waals surface area contributed by atoms with E-state index < -0.39 is 125 Å². The Bertz CT molecular complexity index is 2380. The van der Waals surface area contributed by atoms with E-state index in [1.54, 1.807) is 111 Å². The Morgan fingerprint density at radius 2 is 1.54 bits per heavy atom. The molecule has 2 aromatic carbocycles. The fourth-order valence-electron chi connectivity index (χ4n) is 11.1. The molecule has 0 spiro atoms. The fourth-order valence-corrected chi connectivity index (χ4v) is 11.1. The van der Waals surface area contributed by atoms with E-state index in [2.05, 4.69) is 5.32 Å². The minimum absolute atomic E-state index is 0.0856. The molecule has 388 valence electrons. The standard InChI is InChI=1S/C53H70N2O16/c1-29(2)34(57)26-55(11)27-38(58)68-42(40(32-20-16-14-17-21-32)54-48(62)71-49(5,6)7)47(61)67-35-25-53(63)45(69-46(60)33-22-18-15-19-23-33)43-51(10,44(59)41(65-13)39(30(35)3)50(53,8)9)36(64-12)24-37-52(43,28-66-37)70-31(4)56/h14-23,29,35-37,40-43,45,63H,24-28H2,1-13H3,(H,54,62)/t35-,36-,37?,40-,41+,42+,43?,45-,51+,52-,53+/m0/s1. The van der Waals surface area contributed by atoms with Crippen molar-refractivity contribution in [2.24, 2.45) is 22.7 Å². The third kappa shape index (κ3) is 10.5. The lowest BCUT2D eigenvalue weighted by Crippen LogP contribution is -2.82. The molecular formula is C53H70N2O16. The number of amides is 1. The number of nitrogens with one attached hydrogen (secondary N) is 1. The van der Waals surface area contributed by atoms with Gasteiger partial charge in [0.1, 0.15) is 47.4 Å². The van der Waals surface area contributed by atoms with Gasteiger partial charge in [0.15, 0.2) is 11.4 Å². The van der Waals surface area contributed by atoms with Crippen molar-refractivity contribution < 1.29 is 76.6 Å². The molecule has 2 unspecified atom stereocenters. The summed E-state index contributed by atoms with van der Waals surface area (Å²) >= 11 is 0. The van der Waals surface area contributed by atoms with Gasteiger partial charge in [0, 0.05) is 45.3 Å². The average molecular weight is 991 g/mol. The fraction of sp³-hybridized carbons (Fsp3) is 0.604. The number of carbonyl (C=O) groups is 7. The normalized spacial score (nSPS) is 29.7. The van der Waals surface area contributed by atoms with Gasteiger partial charge in [-0.3, -0.25) is 24.1 Å². The maximum atomic E-state index is 15.8. The van der Waals surface area contributed by atoms with E-state index in [9.17, 15) is 29.1 Å². The summed E-state index contributed by atoms with van der Waals surface area (Å²) in [6.07, 6.45) is -9.77. The summed E-state index contributed by atoms with van der Waals surface area (Å²) < 4.78 is 49.1. The summed E-state index contributed by atoms with van der Waals surface area (Å²) in [6, 6.07) is 14.8. The second kappa shape index (κ2) is 20.9. The van der Waals surface area contributed by atoms with Gasteiger partial charge >= 0.3 is 30.0 Å².